The molecule has 0 saturated carbocycles. The largest absolute Gasteiger partial charge is 0.494 e. The maximum absolute atomic E-state index is 12.6. The SMILES string of the molecule is CCOc1cccc(CNC(=O)c2ccc(N(C)S(=O)(=O)c3cccs3)cc2)c1. The van der Waals surface area contributed by atoms with Crippen LogP contribution in [-0.4, -0.2) is 28.0 Å². The number of sulfonamides is 1. The Kier molecular flexibility index (Phi) is 6.56. The Balaban J connectivity index is 1.65. The zero-order chi connectivity index (χ0) is 20.9. The average Bonchev–Trinajstić information content (AvgIpc) is 3.28. The number of hydrogen-bond acceptors (Lipinski definition) is 5. The van der Waals surface area contributed by atoms with Gasteiger partial charge in [0.2, 0.25) is 0 Å². The molecule has 0 aliphatic heterocycles. The van der Waals surface area contributed by atoms with Crippen LogP contribution < -0.4 is 14.4 Å². The lowest BCUT2D eigenvalue weighted by molar-refractivity contribution is 0.0951. The standard InChI is InChI=1S/C21H22N2O4S2/c1-3-27-19-7-4-6-16(14-19)15-22-21(24)17-9-11-18(12-10-17)23(2)29(25,26)20-8-5-13-28-20/h4-14H,3,15H2,1-2H3,(H,22,24). The van der Waals surface area contributed by atoms with Gasteiger partial charge in [-0.15, -0.1) is 11.3 Å². The molecule has 3 rings (SSSR count). The van der Waals surface area contributed by atoms with E-state index in [1.54, 1.807) is 41.8 Å². The summed E-state index contributed by atoms with van der Waals surface area (Å²) in [5.41, 5.74) is 1.87. The third-order valence-corrected chi connectivity index (χ3v) is 7.42. The summed E-state index contributed by atoms with van der Waals surface area (Å²) in [6.45, 7) is 2.87. The lowest BCUT2D eigenvalue weighted by atomic mass is 10.1. The summed E-state index contributed by atoms with van der Waals surface area (Å²) >= 11 is 1.17. The van der Waals surface area contributed by atoms with Gasteiger partial charge in [-0.3, -0.25) is 9.10 Å². The van der Waals surface area contributed by atoms with Crippen molar-refractivity contribution in [1.29, 1.82) is 0 Å². The number of thiophene rings is 1. The third-order valence-electron chi connectivity index (χ3n) is 4.27. The van der Waals surface area contributed by atoms with Gasteiger partial charge < -0.3 is 10.1 Å². The van der Waals surface area contributed by atoms with E-state index in [-0.39, 0.29) is 10.1 Å². The first-order valence-corrected chi connectivity index (χ1v) is 11.4. The molecule has 1 N–H and O–H groups in total. The van der Waals surface area contributed by atoms with Gasteiger partial charge in [0.1, 0.15) is 9.96 Å². The summed E-state index contributed by atoms with van der Waals surface area (Å²) in [5.74, 6) is 0.528. The molecule has 0 spiro atoms. The van der Waals surface area contributed by atoms with Gasteiger partial charge in [-0.05, 0) is 60.3 Å². The zero-order valence-corrected chi connectivity index (χ0v) is 17.8. The topological polar surface area (TPSA) is 75.7 Å². The number of rotatable bonds is 8. The fraction of sp³-hybridized carbons (Fsp3) is 0.190. The minimum atomic E-state index is -3.60. The van der Waals surface area contributed by atoms with Crippen molar-refractivity contribution in [3.05, 3.63) is 77.2 Å². The number of hydrogen-bond donors (Lipinski definition) is 1. The van der Waals surface area contributed by atoms with E-state index in [1.807, 2.05) is 31.2 Å². The van der Waals surface area contributed by atoms with E-state index in [9.17, 15) is 13.2 Å². The van der Waals surface area contributed by atoms with Gasteiger partial charge >= 0.3 is 0 Å². The molecular weight excluding hydrogens is 408 g/mol. The molecule has 3 aromatic rings. The number of nitrogens with one attached hydrogen (secondary N) is 1. The smallest absolute Gasteiger partial charge is 0.273 e. The number of ether oxygens (including phenoxy) is 1. The predicted molar refractivity (Wildman–Crippen MR) is 115 cm³/mol. The number of amides is 1. The monoisotopic (exact) mass is 430 g/mol. The van der Waals surface area contributed by atoms with Crippen molar-refractivity contribution in [2.24, 2.45) is 0 Å². The van der Waals surface area contributed by atoms with Crippen molar-refractivity contribution in [2.75, 3.05) is 18.0 Å². The molecule has 0 aliphatic rings. The van der Waals surface area contributed by atoms with Crippen molar-refractivity contribution < 1.29 is 17.9 Å². The Labute approximate surface area is 174 Å². The number of carbonyl (C=O) groups excluding carboxylic acids is 1. The van der Waals surface area contributed by atoms with Crippen LogP contribution in [0.2, 0.25) is 0 Å². The maximum atomic E-state index is 12.6. The second kappa shape index (κ2) is 9.11. The van der Waals surface area contributed by atoms with Gasteiger partial charge in [0.15, 0.2) is 0 Å². The second-order valence-corrected chi connectivity index (χ2v) is 9.36. The molecular formula is C21H22N2O4S2. The summed E-state index contributed by atoms with van der Waals surface area (Å²) in [7, 11) is -2.10. The van der Waals surface area contributed by atoms with E-state index < -0.39 is 10.0 Å². The van der Waals surface area contributed by atoms with Crippen molar-refractivity contribution in [1.82, 2.24) is 5.32 Å². The predicted octanol–water partition coefficient (Wildman–Crippen LogP) is 3.90. The van der Waals surface area contributed by atoms with Gasteiger partial charge in [-0.25, -0.2) is 8.42 Å². The van der Waals surface area contributed by atoms with Crippen LogP contribution in [0.25, 0.3) is 0 Å². The third kappa shape index (κ3) is 4.96. The van der Waals surface area contributed by atoms with Crippen molar-refractivity contribution >= 4 is 33.0 Å². The molecule has 0 unspecified atom stereocenters. The molecule has 152 valence electrons. The number of anilines is 1. The van der Waals surface area contributed by atoms with E-state index in [0.717, 1.165) is 11.3 Å². The first-order chi connectivity index (χ1) is 13.9. The molecule has 29 heavy (non-hydrogen) atoms. The zero-order valence-electron chi connectivity index (χ0n) is 16.2. The van der Waals surface area contributed by atoms with Gasteiger partial charge in [-0.1, -0.05) is 18.2 Å². The van der Waals surface area contributed by atoms with E-state index in [2.05, 4.69) is 5.32 Å². The Morgan fingerprint density at radius 1 is 1.10 bits per heavy atom. The molecule has 1 aromatic heterocycles. The van der Waals surface area contributed by atoms with Crippen molar-refractivity contribution in [3.63, 3.8) is 0 Å². The van der Waals surface area contributed by atoms with Gasteiger partial charge in [0.25, 0.3) is 15.9 Å². The fourth-order valence-electron chi connectivity index (χ4n) is 2.70. The Morgan fingerprint density at radius 2 is 1.86 bits per heavy atom. The molecule has 1 amide bonds. The van der Waals surface area contributed by atoms with Crippen molar-refractivity contribution in [2.45, 2.75) is 17.7 Å². The molecule has 0 bridgehead atoms. The Hall–Kier alpha value is -2.84. The summed E-state index contributed by atoms with van der Waals surface area (Å²) in [4.78, 5) is 12.4. The molecule has 0 radical (unpaired) electrons. The van der Waals surface area contributed by atoms with E-state index in [0.29, 0.717) is 24.4 Å². The molecule has 0 fully saturated rings. The van der Waals surface area contributed by atoms with Crippen LogP contribution in [0.15, 0.2) is 70.3 Å². The first-order valence-electron chi connectivity index (χ1n) is 9.04. The highest BCUT2D eigenvalue weighted by molar-refractivity contribution is 7.94. The Morgan fingerprint density at radius 3 is 2.52 bits per heavy atom. The minimum Gasteiger partial charge on any atom is -0.494 e. The van der Waals surface area contributed by atoms with Gasteiger partial charge in [0.05, 0.1) is 12.3 Å². The molecule has 8 heteroatoms. The molecule has 0 saturated heterocycles. The lowest BCUT2D eigenvalue weighted by Crippen LogP contribution is -2.26. The van der Waals surface area contributed by atoms with Gasteiger partial charge in [-0.2, -0.15) is 0 Å². The molecule has 2 aromatic carbocycles. The quantitative estimate of drug-likeness (QED) is 0.588. The maximum Gasteiger partial charge on any atom is 0.273 e. The Bertz CT molecular complexity index is 1060. The van der Waals surface area contributed by atoms with Crippen LogP contribution in [0.3, 0.4) is 0 Å². The minimum absolute atomic E-state index is 0.234. The fourth-order valence-corrected chi connectivity index (χ4v) is 5.06. The number of benzene rings is 2. The van der Waals surface area contributed by atoms with Crippen LogP contribution >= 0.6 is 11.3 Å². The highest BCUT2D eigenvalue weighted by Crippen LogP contribution is 2.25. The highest BCUT2D eigenvalue weighted by Gasteiger charge is 2.22. The summed E-state index contributed by atoms with van der Waals surface area (Å²) in [6.07, 6.45) is 0. The summed E-state index contributed by atoms with van der Waals surface area (Å²) < 4.78 is 32.1. The molecule has 0 atom stereocenters. The average molecular weight is 431 g/mol. The summed E-state index contributed by atoms with van der Waals surface area (Å²) in [5, 5.41) is 4.58. The lowest BCUT2D eigenvalue weighted by Gasteiger charge is -2.18. The van der Waals surface area contributed by atoms with Crippen LogP contribution in [0.4, 0.5) is 5.69 Å². The normalized spacial score (nSPS) is 11.1. The van der Waals surface area contributed by atoms with Crippen LogP contribution in [0.1, 0.15) is 22.8 Å². The van der Waals surface area contributed by atoms with E-state index in [4.69, 9.17) is 4.74 Å². The first kappa shape index (κ1) is 20.9. The van der Waals surface area contributed by atoms with Gasteiger partial charge in [0, 0.05) is 19.2 Å². The molecule has 1 heterocycles. The number of carbonyl (C=O) groups is 1. The van der Waals surface area contributed by atoms with E-state index >= 15 is 0 Å². The van der Waals surface area contributed by atoms with Crippen LogP contribution in [-0.2, 0) is 16.6 Å². The highest BCUT2D eigenvalue weighted by atomic mass is 32.2. The molecule has 0 aliphatic carbocycles. The van der Waals surface area contributed by atoms with E-state index in [1.165, 1.54) is 22.7 Å². The van der Waals surface area contributed by atoms with Crippen molar-refractivity contribution in [3.8, 4) is 5.75 Å². The number of nitrogens with zero attached hydrogens (tertiary/aromatic N) is 1. The summed E-state index contributed by atoms with van der Waals surface area (Å²) in [6, 6.07) is 17.3. The van der Waals surface area contributed by atoms with Crippen LogP contribution in [0.5, 0.6) is 5.75 Å². The second-order valence-electron chi connectivity index (χ2n) is 6.21. The molecule has 6 nitrogen and oxygen atoms in total. The van der Waals surface area contributed by atoms with Crippen LogP contribution in [0, 0.1) is 0 Å².